The predicted molar refractivity (Wildman–Crippen MR) is 62.3 cm³/mol. The van der Waals surface area contributed by atoms with Crippen LogP contribution in [0.15, 0.2) is 0 Å². The predicted octanol–water partition coefficient (Wildman–Crippen LogP) is 2.09. The summed E-state index contributed by atoms with van der Waals surface area (Å²) in [6.07, 6.45) is 3.96. The molecule has 1 rings (SSSR count). The molecule has 14 heavy (non-hydrogen) atoms. The van der Waals surface area contributed by atoms with Crippen LogP contribution in [0.4, 0.5) is 0 Å². The molecule has 2 atom stereocenters. The molecule has 2 N–H and O–H groups in total. The van der Waals surface area contributed by atoms with Gasteiger partial charge in [0, 0.05) is 13.1 Å². The van der Waals surface area contributed by atoms with Crippen LogP contribution in [0.1, 0.15) is 40.0 Å². The topological polar surface area (TPSA) is 29.3 Å². The molecular weight excluding hydrogens is 172 g/mol. The zero-order valence-corrected chi connectivity index (χ0v) is 10.1. The van der Waals surface area contributed by atoms with Crippen molar-refractivity contribution in [2.75, 3.05) is 26.2 Å². The van der Waals surface area contributed by atoms with Crippen LogP contribution in [0.3, 0.4) is 0 Å². The number of nitrogens with two attached hydrogens (primary N) is 1. The lowest BCUT2D eigenvalue weighted by molar-refractivity contribution is 0.118. The Bertz CT molecular complexity index is 164. The van der Waals surface area contributed by atoms with Crippen molar-refractivity contribution in [3.05, 3.63) is 0 Å². The summed E-state index contributed by atoms with van der Waals surface area (Å²) in [6, 6.07) is 0. The molecule has 0 aliphatic carbocycles. The lowest BCUT2D eigenvalue weighted by atomic mass is 9.86. The van der Waals surface area contributed by atoms with Crippen molar-refractivity contribution in [2.45, 2.75) is 40.0 Å². The zero-order valence-electron chi connectivity index (χ0n) is 10.1. The van der Waals surface area contributed by atoms with E-state index in [1.54, 1.807) is 0 Å². The third-order valence-electron chi connectivity index (χ3n) is 3.69. The Morgan fingerprint density at radius 2 is 2.21 bits per heavy atom. The Morgan fingerprint density at radius 3 is 2.71 bits per heavy atom. The number of likely N-dealkylation sites (tertiary alicyclic amines) is 1. The van der Waals surface area contributed by atoms with Gasteiger partial charge in [-0.3, -0.25) is 0 Å². The fourth-order valence-electron chi connectivity index (χ4n) is 2.29. The molecular formula is C12H26N2. The SMILES string of the molecule is CCC(C)(CN)CN1CCCC(C)C1. The van der Waals surface area contributed by atoms with E-state index in [4.69, 9.17) is 5.73 Å². The summed E-state index contributed by atoms with van der Waals surface area (Å²) in [6.45, 7) is 11.5. The molecule has 0 aromatic carbocycles. The van der Waals surface area contributed by atoms with E-state index in [-0.39, 0.29) is 0 Å². The zero-order chi connectivity index (χ0) is 10.6. The molecule has 0 spiro atoms. The Balaban J connectivity index is 2.41. The van der Waals surface area contributed by atoms with Crippen LogP contribution in [0.2, 0.25) is 0 Å². The molecule has 2 nitrogen and oxygen atoms in total. The minimum atomic E-state index is 0.330. The highest BCUT2D eigenvalue weighted by atomic mass is 15.1. The molecule has 1 aliphatic rings. The van der Waals surface area contributed by atoms with Gasteiger partial charge in [-0.25, -0.2) is 0 Å². The lowest BCUT2D eigenvalue weighted by Gasteiger charge is -2.38. The fraction of sp³-hybridized carbons (Fsp3) is 1.00. The van der Waals surface area contributed by atoms with Crippen LogP contribution in [-0.4, -0.2) is 31.1 Å². The minimum Gasteiger partial charge on any atom is -0.330 e. The summed E-state index contributed by atoms with van der Waals surface area (Å²) in [5.74, 6) is 0.877. The van der Waals surface area contributed by atoms with Gasteiger partial charge in [-0.15, -0.1) is 0 Å². The summed E-state index contributed by atoms with van der Waals surface area (Å²) in [5.41, 5.74) is 6.17. The van der Waals surface area contributed by atoms with Gasteiger partial charge in [0.05, 0.1) is 0 Å². The highest BCUT2D eigenvalue weighted by Gasteiger charge is 2.26. The Hall–Kier alpha value is -0.0800. The highest BCUT2D eigenvalue weighted by molar-refractivity contribution is 4.80. The molecule has 0 aromatic rings. The molecule has 2 unspecified atom stereocenters. The van der Waals surface area contributed by atoms with Crippen molar-refractivity contribution >= 4 is 0 Å². The lowest BCUT2D eigenvalue weighted by Crippen LogP contribution is -2.44. The van der Waals surface area contributed by atoms with Crippen molar-refractivity contribution in [3.8, 4) is 0 Å². The van der Waals surface area contributed by atoms with Gasteiger partial charge >= 0.3 is 0 Å². The van der Waals surface area contributed by atoms with Crippen LogP contribution in [0, 0.1) is 11.3 Å². The summed E-state index contributed by atoms with van der Waals surface area (Å²) in [5, 5.41) is 0. The smallest absolute Gasteiger partial charge is 0.00474 e. The molecule has 0 aromatic heterocycles. The van der Waals surface area contributed by atoms with Crippen LogP contribution in [0.25, 0.3) is 0 Å². The van der Waals surface area contributed by atoms with Crippen molar-refractivity contribution in [1.29, 1.82) is 0 Å². The van der Waals surface area contributed by atoms with E-state index < -0.39 is 0 Å². The van der Waals surface area contributed by atoms with Gasteiger partial charge in [0.25, 0.3) is 0 Å². The number of nitrogens with zero attached hydrogens (tertiary/aromatic N) is 1. The van der Waals surface area contributed by atoms with Gasteiger partial charge in [0.1, 0.15) is 0 Å². The van der Waals surface area contributed by atoms with Crippen molar-refractivity contribution < 1.29 is 0 Å². The first-order chi connectivity index (χ1) is 6.59. The maximum absolute atomic E-state index is 5.84. The van der Waals surface area contributed by atoms with Crippen LogP contribution in [-0.2, 0) is 0 Å². The summed E-state index contributed by atoms with van der Waals surface area (Å²) < 4.78 is 0. The van der Waals surface area contributed by atoms with Gasteiger partial charge in [0.15, 0.2) is 0 Å². The quantitative estimate of drug-likeness (QED) is 0.749. The van der Waals surface area contributed by atoms with E-state index in [9.17, 15) is 0 Å². The average Bonchev–Trinajstić information content (AvgIpc) is 2.18. The van der Waals surface area contributed by atoms with Crippen LogP contribution < -0.4 is 5.73 Å². The normalized spacial score (nSPS) is 28.7. The largest absolute Gasteiger partial charge is 0.330 e. The Labute approximate surface area is 88.8 Å². The molecule has 1 fully saturated rings. The third kappa shape index (κ3) is 3.25. The van der Waals surface area contributed by atoms with Crippen molar-refractivity contribution in [2.24, 2.45) is 17.1 Å². The molecule has 0 saturated carbocycles. The minimum absolute atomic E-state index is 0.330. The average molecular weight is 198 g/mol. The van der Waals surface area contributed by atoms with Gasteiger partial charge in [-0.1, -0.05) is 20.8 Å². The Kier molecular flexibility index (Phi) is 4.39. The van der Waals surface area contributed by atoms with Crippen LogP contribution in [0.5, 0.6) is 0 Å². The van der Waals surface area contributed by atoms with E-state index in [0.29, 0.717) is 5.41 Å². The van der Waals surface area contributed by atoms with E-state index in [1.165, 1.54) is 38.9 Å². The first-order valence-corrected chi connectivity index (χ1v) is 6.02. The molecule has 0 radical (unpaired) electrons. The molecule has 84 valence electrons. The van der Waals surface area contributed by atoms with E-state index in [1.807, 2.05) is 0 Å². The van der Waals surface area contributed by atoms with Crippen molar-refractivity contribution in [1.82, 2.24) is 4.90 Å². The number of rotatable bonds is 4. The monoisotopic (exact) mass is 198 g/mol. The second kappa shape index (κ2) is 5.13. The molecule has 2 heteroatoms. The van der Waals surface area contributed by atoms with E-state index in [0.717, 1.165) is 12.5 Å². The van der Waals surface area contributed by atoms with Gasteiger partial charge < -0.3 is 10.6 Å². The number of hydrogen-bond acceptors (Lipinski definition) is 2. The van der Waals surface area contributed by atoms with Gasteiger partial charge in [-0.05, 0) is 43.7 Å². The summed E-state index contributed by atoms with van der Waals surface area (Å²) in [4.78, 5) is 2.60. The third-order valence-corrected chi connectivity index (χ3v) is 3.69. The first-order valence-electron chi connectivity index (χ1n) is 6.02. The summed E-state index contributed by atoms with van der Waals surface area (Å²) >= 11 is 0. The van der Waals surface area contributed by atoms with E-state index >= 15 is 0 Å². The van der Waals surface area contributed by atoms with Gasteiger partial charge in [0.2, 0.25) is 0 Å². The second-order valence-corrected chi connectivity index (χ2v) is 5.35. The number of hydrogen-bond donors (Lipinski definition) is 1. The molecule has 1 heterocycles. The maximum Gasteiger partial charge on any atom is 0.00474 e. The highest BCUT2D eigenvalue weighted by Crippen LogP contribution is 2.24. The summed E-state index contributed by atoms with van der Waals surface area (Å²) in [7, 11) is 0. The van der Waals surface area contributed by atoms with E-state index in [2.05, 4.69) is 25.7 Å². The first kappa shape index (κ1) is 12.0. The Morgan fingerprint density at radius 1 is 1.50 bits per heavy atom. The van der Waals surface area contributed by atoms with Crippen LogP contribution >= 0.6 is 0 Å². The molecule has 1 aliphatic heterocycles. The second-order valence-electron chi connectivity index (χ2n) is 5.35. The standard InChI is InChI=1S/C12H26N2/c1-4-12(3,9-13)10-14-7-5-6-11(2)8-14/h11H,4-10,13H2,1-3H3. The number of piperidine rings is 1. The fourth-order valence-corrected chi connectivity index (χ4v) is 2.29. The van der Waals surface area contributed by atoms with Crippen molar-refractivity contribution in [3.63, 3.8) is 0 Å². The molecule has 0 bridgehead atoms. The maximum atomic E-state index is 5.84. The molecule has 0 amide bonds. The molecule has 1 saturated heterocycles. The van der Waals surface area contributed by atoms with Gasteiger partial charge in [-0.2, -0.15) is 0 Å².